The predicted molar refractivity (Wildman–Crippen MR) is 40.2 cm³/mol. The van der Waals surface area contributed by atoms with Gasteiger partial charge in [0.25, 0.3) is 5.56 Å². The monoisotopic (exact) mass is 154 g/mol. The van der Waals surface area contributed by atoms with Gasteiger partial charge in [0.05, 0.1) is 18.6 Å². The molecule has 0 bridgehead atoms. The molecule has 0 aliphatic carbocycles. The van der Waals surface area contributed by atoms with Crippen molar-refractivity contribution in [2.45, 2.75) is 13.5 Å². The van der Waals surface area contributed by atoms with E-state index in [4.69, 9.17) is 4.74 Å². The number of H-pyrrole nitrogens is 1. The van der Waals surface area contributed by atoms with E-state index in [2.05, 4.69) is 9.97 Å². The molecule has 1 heterocycles. The molecule has 0 aliphatic heterocycles. The third kappa shape index (κ3) is 2.51. The first-order chi connectivity index (χ1) is 5.33. The lowest BCUT2D eigenvalue weighted by Crippen LogP contribution is -2.07. The zero-order valence-corrected chi connectivity index (χ0v) is 6.33. The highest BCUT2D eigenvalue weighted by atomic mass is 16.5. The van der Waals surface area contributed by atoms with Gasteiger partial charge in [-0.05, 0) is 6.92 Å². The highest BCUT2D eigenvalue weighted by molar-refractivity contribution is 4.95. The Balaban J connectivity index is 2.64. The van der Waals surface area contributed by atoms with Crippen LogP contribution >= 0.6 is 0 Å². The average Bonchev–Trinajstić information content (AvgIpc) is 2.01. The quantitative estimate of drug-likeness (QED) is 0.681. The summed E-state index contributed by atoms with van der Waals surface area (Å²) >= 11 is 0. The first kappa shape index (κ1) is 7.94. The molecular formula is C7H10N2O2. The third-order valence-corrected chi connectivity index (χ3v) is 1.19. The summed E-state index contributed by atoms with van der Waals surface area (Å²) in [5.74, 6) is 0. The van der Waals surface area contributed by atoms with Gasteiger partial charge in [0.2, 0.25) is 0 Å². The van der Waals surface area contributed by atoms with Gasteiger partial charge in [-0.25, -0.2) is 4.98 Å². The van der Waals surface area contributed by atoms with Crippen LogP contribution in [0.2, 0.25) is 0 Å². The van der Waals surface area contributed by atoms with Crippen LogP contribution in [0.3, 0.4) is 0 Å². The summed E-state index contributed by atoms with van der Waals surface area (Å²) in [6.07, 6.45) is 1.37. The van der Waals surface area contributed by atoms with Gasteiger partial charge in [-0.15, -0.1) is 0 Å². The van der Waals surface area contributed by atoms with Crippen molar-refractivity contribution in [2.75, 3.05) is 6.61 Å². The number of nitrogens with zero attached hydrogens (tertiary/aromatic N) is 1. The molecule has 1 aromatic rings. The van der Waals surface area contributed by atoms with E-state index in [0.717, 1.165) is 0 Å². The van der Waals surface area contributed by atoms with Gasteiger partial charge in [0.15, 0.2) is 0 Å². The maximum Gasteiger partial charge on any atom is 0.250 e. The van der Waals surface area contributed by atoms with Gasteiger partial charge in [0.1, 0.15) is 0 Å². The second-order valence-corrected chi connectivity index (χ2v) is 2.04. The van der Waals surface area contributed by atoms with Crippen molar-refractivity contribution in [2.24, 2.45) is 0 Å². The van der Waals surface area contributed by atoms with Gasteiger partial charge < -0.3 is 9.72 Å². The molecule has 0 unspecified atom stereocenters. The summed E-state index contributed by atoms with van der Waals surface area (Å²) in [7, 11) is 0. The molecule has 60 valence electrons. The molecule has 11 heavy (non-hydrogen) atoms. The topological polar surface area (TPSA) is 55.0 Å². The van der Waals surface area contributed by atoms with Crippen LogP contribution in [0.25, 0.3) is 0 Å². The highest BCUT2D eigenvalue weighted by Gasteiger charge is 1.92. The molecule has 1 N–H and O–H groups in total. The van der Waals surface area contributed by atoms with E-state index in [1.54, 1.807) is 0 Å². The van der Waals surface area contributed by atoms with Crippen LogP contribution in [0.4, 0.5) is 0 Å². The number of hydrogen-bond acceptors (Lipinski definition) is 3. The molecule has 0 saturated carbocycles. The lowest BCUT2D eigenvalue weighted by Gasteiger charge is -1.97. The van der Waals surface area contributed by atoms with E-state index in [9.17, 15) is 4.79 Å². The molecule has 0 aromatic carbocycles. The van der Waals surface area contributed by atoms with Gasteiger partial charge >= 0.3 is 0 Å². The fraction of sp³-hybridized carbons (Fsp3) is 0.429. The first-order valence-electron chi connectivity index (χ1n) is 3.44. The number of nitrogens with one attached hydrogen (secondary N) is 1. The average molecular weight is 154 g/mol. The predicted octanol–water partition coefficient (Wildman–Crippen LogP) is 0.306. The molecule has 1 rings (SSSR count). The molecule has 0 atom stereocenters. The van der Waals surface area contributed by atoms with Gasteiger partial charge in [0, 0.05) is 12.7 Å². The zero-order chi connectivity index (χ0) is 8.10. The number of hydrogen-bond donors (Lipinski definition) is 1. The Kier molecular flexibility index (Phi) is 2.80. The Bertz CT molecular complexity index is 269. The van der Waals surface area contributed by atoms with E-state index in [1.165, 1.54) is 12.4 Å². The standard InChI is InChI=1S/C7H10N2O2/c1-2-11-4-6-3-7(10)9-5-8-6/h3,5H,2,4H2,1H3,(H,8,9,10). The second kappa shape index (κ2) is 3.88. The molecule has 0 aliphatic rings. The van der Waals surface area contributed by atoms with Crippen LogP contribution in [0.15, 0.2) is 17.2 Å². The lowest BCUT2D eigenvalue weighted by atomic mass is 10.4. The number of rotatable bonds is 3. The Morgan fingerprint density at radius 2 is 2.55 bits per heavy atom. The summed E-state index contributed by atoms with van der Waals surface area (Å²) in [6.45, 7) is 2.93. The molecule has 0 saturated heterocycles. The smallest absolute Gasteiger partial charge is 0.250 e. The van der Waals surface area contributed by atoms with Crippen molar-refractivity contribution in [3.8, 4) is 0 Å². The molecule has 4 nitrogen and oxygen atoms in total. The molecule has 4 heteroatoms. The molecule has 0 radical (unpaired) electrons. The number of aromatic nitrogens is 2. The number of aromatic amines is 1. The van der Waals surface area contributed by atoms with E-state index in [0.29, 0.717) is 18.9 Å². The SMILES string of the molecule is CCOCc1cc(=O)[nH]cn1. The summed E-state index contributed by atoms with van der Waals surface area (Å²) in [5, 5.41) is 0. The molecule has 0 amide bonds. The fourth-order valence-electron chi connectivity index (χ4n) is 0.695. The minimum absolute atomic E-state index is 0.144. The van der Waals surface area contributed by atoms with E-state index < -0.39 is 0 Å². The summed E-state index contributed by atoms with van der Waals surface area (Å²) < 4.78 is 5.06. The molecular weight excluding hydrogens is 144 g/mol. The highest BCUT2D eigenvalue weighted by Crippen LogP contribution is 1.89. The largest absolute Gasteiger partial charge is 0.375 e. The van der Waals surface area contributed by atoms with Crippen molar-refractivity contribution < 1.29 is 4.74 Å². The van der Waals surface area contributed by atoms with E-state index in [1.807, 2.05) is 6.92 Å². The lowest BCUT2D eigenvalue weighted by molar-refractivity contribution is 0.131. The maximum absolute atomic E-state index is 10.7. The Morgan fingerprint density at radius 3 is 3.18 bits per heavy atom. The second-order valence-electron chi connectivity index (χ2n) is 2.04. The van der Waals surface area contributed by atoms with Crippen molar-refractivity contribution in [1.29, 1.82) is 0 Å². The van der Waals surface area contributed by atoms with Gasteiger partial charge in [-0.1, -0.05) is 0 Å². The summed E-state index contributed by atoms with van der Waals surface area (Å²) in [5.41, 5.74) is 0.519. The van der Waals surface area contributed by atoms with E-state index >= 15 is 0 Å². The molecule has 1 aromatic heterocycles. The Hall–Kier alpha value is -1.16. The van der Waals surface area contributed by atoms with Crippen molar-refractivity contribution in [3.63, 3.8) is 0 Å². The van der Waals surface area contributed by atoms with Crippen LogP contribution in [-0.4, -0.2) is 16.6 Å². The van der Waals surface area contributed by atoms with Crippen molar-refractivity contribution in [3.05, 3.63) is 28.4 Å². The van der Waals surface area contributed by atoms with Gasteiger partial charge in [-0.2, -0.15) is 0 Å². The van der Waals surface area contributed by atoms with Crippen molar-refractivity contribution in [1.82, 2.24) is 9.97 Å². The van der Waals surface area contributed by atoms with Crippen LogP contribution in [0, 0.1) is 0 Å². The summed E-state index contributed by atoms with van der Waals surface area (Å²) in [6, 6.07) is 1.43. The van der Waals surface area contributed by atoms with Gasteiger partial charge in [-0.3, -0.25) is 4.79 Å². The minimum atomic E-state index is -0.144. The molecule has 0 fully saturated rings. The minimum Gasteiger partial charge on any atom is -0.375 e. The number of ether oxygens (including phenoxy) is 1. The summed E-state index contributed by atoms with van der Waals surface area (Å²) in [4.78, 5) is 17.0. The fourth-order valence-corrected chi connectivity index (χ4v) is 0.695. The van der Waals surface area contributed by atoms with Crippen LogP contribution < -0.4 is 5.56 Å². The maximum atomic E-state index is 10.7. The molecule has 0 spiro atoms. The van der Waals surface area contributed by atoms with Crippen LogP contribution in [0.1, 0.15) is 12.6 Å². The zero-order valence-electron chi connectivity index (χ0n) is 6.33. The third-order valence-electron chi connectivity index (χ3n) is 1.19. The first-order valence-corrected chi connectivity index (χ1v) is 3.44. The normalized spacial score (nSPS) is 9.91. The van der Waals surface area contributed by atoms with Crippen molar-refractivity contribution >= 4 is 0 Å². The Labute approximate surface area is 64.2 Å². The van der Waals surface area contributed by atoms with E-state index in [-0.39, 0.29) is 5.56 Å². The van der Waals surface area contributed by atoms with Crippen LogP contribution in [-0.2, 0) is 11.3 Å². The van der Waals surface area contributed by atoms with Crippen LogP contribution in [0.5, 0.6) is 0 Å². The Morgan fingerprint density at radius 1 is 1.73 bits per heavy atom.